The van der Waals surface area contributed by atoms with Gasteiger partial charge in [-0.05, 0) is 24.5 Å². The summed E-state index contributed by atoms with van der Waals surface area (Å²) in [5, 5.41) is 1.19. The van der Waals surface area contributed by atoms with Gasteiger partial charge in [0.15, 0.2) is 0 Å². The molecule has 1 fully saturated rings. The summed E-state index contributed by atoms with van der Waals surface area (Å²) in [4.78, 5) is 4.63. The first kappa shape index (κ1) is 9.79. The van der Waals surface area contributed by atoms with Crippen LogP contribution in [0.4, 0.5) is 0 Å². The summed E-state index contributed by atoms with van der Waals surface area (Å²) in [6.45, 7) is 0. The summed E-state index contributed by atoms with van der Waals surface area (Å²) in [6.07, 6.45) is 3.79. The first-order valence-electron chi connectivity index (χ1n) is 5.94. The Morgan fingerprint density at radius 1 is 1.19 bits per heavy atom. The van der Waals surface area contributed by atoms with E-state index >= 15 is 0 Å². The number of hydrogen-bond acceptors (Lipinski definition) is 2. The molecule has 0 amide bonds. The first-order valence-corrected chi connectivity index (χ1v) is 5.94. The van der Waals surface area contributed by atoms with Gasteiger partial charge < -0.3 is 5.73 Å². The lowest BCUT2D eigenvalue weighted by molar-refractivity contribution is 0.585. The Morgan fingerprint density at radius 3 is 2.81 bits per heavy atom. The zero-order valence-electron chi connectivity index (χ0n) is 9.26. The molecule has 1 aliphatic carbocycles. The third-order valence-electron chi connectivity index (χ3n) is 3.28. The van der Waals surface area contributed by atoms with Crippen LogP contribution in [0, 0.1) is 5.92 Å². The zero-order chi connectivity index (χ0) is 11.0. The SMILES string of the molecule is N[C@H](CC1CC1)c1ccc2ccccc2n1. The smallest absolute Gasteiger partial charge is 0.0706 e. The predicted molar refractivity (Wildman–Crippen MR) is 66.0 cm³/mol. The van der Waals surface area contributed by atoms with Gasteiger partial charge in [-0.2, -0.15) is 0 Å². The zero-order valence-corrected chi connectivity index (χ0v) is 9.26. The van der Waals surface area contributed by atoms with Crippen LogP contribution in [0.5, 0.6) is 0 Å². The summed E-state index contributed by atoms with van der Waals surface area (Å²) in [5.41, 5.74) is 8.24. The molecule has 1 atom stereocenters. The van der Waals surface area contributed by atoms with Gasteiger partial charge in [-0.25, -0.2) is 0 Å². The molecule has 0 aliphatic heterocycles. The number of hydrogen-bond donors (Lipinski definition) is 1. The van der Waals surface area contributed by atoms with Gasteiger partial charge in [0, 0.05) is 11.4 Å². The highest BCUT2D eigenvalue weighted by molar-refractivity contribution is 5.78. The fourth-order valence-corrected chi connectivity index (χ4v) is 2.12. The van der Waals surface area contributed by atoms with Crippen molar-refractivity contribution in [1.29, 1.82) is 0 Å². The summed E-state index contributed by atoms with van der Waals surface area (Å²) in [5.74, 6) is 0.850. The Hall–Kier alpha value is -1.41. The van der Waals surface area contributed by atoms with E-state index in [1.165, 1.54) is 18.2 Å². The summed E-state index contributed by atoms with van der Waals surface area (Å²) < 4.78 is 0. The second-order valence-corrected chi connectivity index (χ2v) is 4.71. The molecule has 0 radical (unpaired) electrons. The van der Waals surface area contributed by atoms with Gasteiger partial charge in [-0.1, -0.05) is 37.1 Å². The number of para-hydroxylation sites is 1. The van der Waals surface area contributed by atoms with Crippen molar-refractivity contribution in [1.82, 2.24) is 4.98 Å². The van der Waals surface area contributed by atoms with E-state index < -0.39 is 0 Å². The highest BCUT2D eigenvalue weighted by Gasteiger charge is 2.24. The second-order valence-electron chi connectivity index (χ2n) is 4.71. The van der Waals surface area contributed by atoms with E-state index in [9.17, 15) is 0 Å². The van der Waals surface area contributed by atoms with Crippen LogP contribution in [-0.2, 0) is 0 Å². The average Bonchev–Trinajstić information content (AvgIpc) is 3.12. The number of nitrogens with zero attached hydrogens (tertiary/aromatic N) is 1. The minimum absolute atomic E-state index is 0.108. The monoisotopic (exact) mass is 212 g/mol. The lowest BCUT2D eigenvalue weighted by atomic mass is 10.1. The van der Waals surface area contributed by atoms with Gasteiger partial charge in [0.2, 0.25) is 0 Å². The molecule has 0 unspecified atom stereocenters. The average molecular weight is 212 g/mol. The molecule has 2 nitrogen and oxygen atoms in total. The van der Waals surface area contributed by atoms with Crippen molar-refractivity contribution in [3.8, 4) is 0 Å². The van der Waals surface area contributed by atoms with Crippen molar-refractivity contribution in [3.05, 3.63) is 42.1 Å². The summed E-state index contributed by atoms with van der Waals surface area (Å²) in [6, 6.07) is 12.5. The van der Waals surface area contributed by atoms with Crippen molar-refractivity contribution in [3.63, 3.8) is 0 Å². The second kappa shape index (κ2) is 3.87. The number of aromatic nitrogens is 1. The minimum atomic E-state index is 0.108. The molecule has 2 heteroatoms. The van der Waals surface area contributed by atoms with Gasteiger partial charge >= 0.3 is 0 Å². The molecule has 0 spiro atoms. The fourth-order valence-electron chi connectivity index (χ4n) is 2.12. The van der Waals surface area contributed by atoms with E-state index in [2.05, 4.69) is 23.2 Å². The number of nitrogens with two attached hydrogens (primary N) is 1. The maximum atomic E-state index is 6.16. The highest BCUT2D eigenvalue weighted by atomic mass is 14.8. The molecule has 2 N–H and O–H groups in total. The van der Waals surface area contributed by atoms with Crippen LogP contribution in [0.1, 0.15) is 31.0 Å². The molecule has 1 aliphatic rings. The van der Waals surface area contributed by atoms with E-state index in [1.54, 1.807) is 0 Å². The largest absolute Gasteiger partial charge is 0.323 e. The van der Waals surface area contributed by atoms with E-state index in [1.807, 2.05) is 18.2 Å². The summed E-state index contributed by atoms with van der Waals surface area (Å²) in [7, 11) is 0. The standard InChI is InChI=1S/C14H16N2/c15-12(9-10-5-6-10)14-8-7-11-3-1-2-4-13(11)16-14/h1-4,7-8,10,12H,5-6,9,15H2/t12-/m1/s1. The van der Waals surface area contributed by atoms with Gasteiger partial charge in [-0.15, -0.1) is 0 Å². The van der Waals surface area contributed by atoms with E-state index in [4.69, 9.17) is 5.73 Å². The number of benzene rings is 1. The minimum Gasteiger partial charge on any atom is -0.323 e. The number of pyridine rings is 1. The Morgan fingerprint density at radius 2 is 2.00 bits per heavy atom. The molecular formula is C14H16N2. The molecule has 0 bridgehead atoms. The van der Waals surface area contributed by atoms with Crippen LogP contribution in [0.3, 0.4) is 0 Å². The van der Waals surface area contributed by atoms with Crippen molar-refractivity contribution in [2.75, 3.05) is 0 Å². The Balaban J connectivity index is 1.91. The third-order valence-corrected chi connectivity index (χ3v) is 3.28. The van der Waals surface area contributed by atoms with E-state index in [-0.39, 0.29) is 6.04 Å². The molecule has 2 aromatic rings. The topological polar surface area (TPSA) is 38.9 Å². The third kappa shape index (κ3) is 1.93. The molecule has 16 heavy (non-hydrogen) atoms. The molecule has 0 saturated heterocycles. The Kier molecular flexibility index (Phi) is 2.37. The quantitative estimate of drug-likeness (QED) is 0.849. The highest BCUT2D eigenvalue weighted by Crippen LogP contribution is 2.36. The van der Waals surface area contributed by atoms with Crippen LogP contribution in [0.2, 0.25) is 0 Å². The molecule has 1 aromatic heterocycles. The normalized spacial score (nSPS) is 17.6. The van der Waals surface area contributed by atoms with Crippen molar-refractivity contribution >= 4 is 10.9 Å². The van der Waals surface area contributed by atoms with Crippen LogP contribution >= 0.6 is 0 Å². The summed E-state index contributed by atoms with van der Waals surface area (Å²) >= 11 is 0. The van der Waals surface area contributed by atoms with Crippen molar-refractivity contribution in [2.45, 2.75) is 25.3 Å². The molecule has 3 rings (SSSR count). The van der Waals surface area contributed by atoms with E-state index in [0.29, 0.717) is 0 Å². The maximum Gasteiger partial charge on any atom is 0.0706 e. The predicted octanol–water partition coefficient (Wildman–Crippen LogP) is 3.03. The Bertz CT molecular complexity index is 503. The number of rotatable bonds is 3. The molecule has 82 valence electrons. The van der Waals surface area contributed by atoms with Gasteiger partial charge in [0.05, 0.1) is 11.2 Å². The van der Waals surface area contributed by atoms with Crippen molar-refractivity contribution in [2.24, 2.45) is 11.7 Å². The maximum absolute atomic E-state index is 6.16. The first-order chi connectivity index (χ1) is 7.83. The number of fused-ring (bicyclic) bond motifs is 1. The fraction of sp³-hybridized carbons (Fsp3) is 0.357. The molecule has 1 saturated carbocycles. The Labute approximate surface area is 95.5 Å². The van der Waals surface area contributed by atoms with Gasteiger partial charge in [0.25, 0.3) is 0 Å². The van der Waals surface area contributed by atoms with Gasteiger partial charge in [0.1, 0.15) is 0 Å². The van der Waals surface area contributed by atoms with Gasteiger partial charge in [-0.3, -0.25) is 4.98 Å². The lowest BCUT2D eigenvalue weighted by Gasteiger charge is -2.10. The van der Waals surface area contributed by atoms with E-state index in [0.717, 1.165) is 23.5 Å². The molecular weight excluding hydrogens is 196 g/mol. The van der Waals surface area contributed by atoms with Crippen LogP contribution in [0.25, 0.3) is 10.9 Å². The van der Waals surface area contributed by atoms with Crippen LogP contribution in [-0.4, -0.2) is 4.98 Å². The van der Waals surface area contributed by atoms with Crippen LogP contribution in [0.15, 0.2) is 36.4 Å². The lowest BCUT2D eigenvalue weighted by Crippen LogP contribution is -2.12. The molecule has 1 aromatic carbocycles. The molecule has 1 heterocycles. The van der Waals surface area contributed by atoms with Crippen molar-refractivity contribution < 1.29 is 0 Å². The van der Waals surface area contributed by atoms with Crippen LogP contribution < -0.4 is 5.73 Å².